The van der Waals surface area contributed by atoms with Gasteiger partial charge >= 0.3 is 0 Å². The summed E-state index contributed by atoms with van der Waals surface area (Å²) in [5, 5.41) is 6.61. The minimum Gasteiger partial charge on any atom is -0.493 e. The summed E-state index contributed by atoms with van der Waals surface area (Å²) in [5.41, 5.74) is 2.88. The Morgan fingerprint density at radius 2 is 1.69 bits per heavy atom. The Hall–Kier alpha value is -3.02. The van der Waals surface area contributed by atoms with Crippen molar-refractivity contribution in [1.29, 1.82) is 0 Å². The van der Waals surface area contributed by atoms with Crippen LogP contribution in [-0.2, 0) is 13.1 Å². The lowest BCUT2D eigenvalue weighted by Crippen LogP contribution is -2.36. The van der Waals surface area contributed by atoms with Gasteiger partial charge < -0.3 is 20.3 Å². The van der Waals surface area contributed by atoms with Crippen molar-refractivity contribution < 1.29 is 9.53 Å². The van der Waals surface area contributed by atoms with E-state index in [4.69, 9.17) is 4.74 Å². The molecule has 2 N–H and O–H groups in total. The van der Waals surface area contributed by atoms with Crippen molar-refractivity contribution in [3.63, 3.8) is 0 Å². The molecule has 0 saturated carbocycles. The molecule has 6 nitrogen and oxygen atoms in total. The zero-order chi connectivity index (χ0) is 21.2. The second-order valence-electron chi connectivity index (χ2n) is 7.53. The van der Waals surface area contributed by atoms with Crippen LogP contribution >= 0.6 is 0 Å². The molecule has 2 aromatic carbocycles. The Morgan fingerprint density at radius 3 is 2.28 bits per heavy atom. The molecule has 0 aromatic heterocycles. The van der Waals surface area contributed by atoms with E-state index < -0.39 is 0 Å². The molecule has 0 atom stereocenters. The maximum Gasteiger partial charge on any atom is 0.253 e. The highest BCUT2D eigenvalue weighted by Crippen LogP contribution is 2.14. The highest BCUT2D eigenvalue weighted by Gasteiger charge is 2.07. The molecule has 0 aliphatic carbocycles. The predicted molar refractivity (Wildman–Crippen MR) is 118 cm³/mol. The summed E-state index contributed by atoms with van der Waals surface area (Å²) in [6.07, 6.45) is 0. The first-order valence-electron chi connectivity index (χ1n) is 9.86. The number of amides is 1. The first-order chi connectivity index (χ1) is 13.9. The van der Waals surface area contributed by atoms with Gasteiger partial charge in [-0.15, -0.1) is 0 Å². The van der Waals surface area contributed by atoms with E-state index in [9.17, 15) is 4.79 Å². The molecule has 0 unspecified atom stereocenters. The lowest BCUT2D eigenvalue weighted by atomic mass is 10.1. The minimum absolute atomic E-state index is 0.00147. The van der Waals surface area contributed by atoms with Crippen molar-refractivity contribution >= 4 is 11.9 Å². The lowest BCUT2D eigenvalue weighted by molar-refractivity contribution is 0.0827. The number of aliphatic imine (C=N–C) groups is 1. The third kappa shape index (κ3) is 7.49. The molecule has 0 radical (unpaired) electrons. The molecule has 29 heavy (non-hydrogen) atoms. The van der Waals surface area contributed by atoms with Gasteiger partial charge in [0.05, 0.1) is 6.61 Å². The molecule has 0 heterocycles. The van der Waals surface area contributed by atoms with Crippen molar-refractivity contribution in [2.75, 3.05) is 27.7 Å². The standard InChI is InChI=1S/C23H32N4O2/c1-17(2)16-29-21-8-6-7-19(13-21)15-26-23(24-3)25-14-18-9-11-20(12-10-18)22(28)27(4)5/h6-13,17H,14-16H2,1-5H3,(H2,24,25,26). The highest BCUT2D eigenvalue weighted by molar-refractivity contribution is 5.93. The minimum atomic E-state index is 0.00147. The lowest BCUT2D eigenvalue weighted by Gasteiger charge is -2.14. The monoisotopic (exact) mass is 396 g/mol. The van der Waals surface area contributed by atoms with Crippen LogP contribution < -0.4 is 15.4 Å². The largest absolute Gasteiger partial charge is 0.493 e. The molecule has 0 fully saturated rings. The Labute approximate surface area is 174 Å². The normalized spacial score (nSPS) is 11.3. The molecule has 6 heteroatoms. The quantitative estimate of drug-likeness (QED) is 0.531. The van der Waals surface area contributed by atoms with Gasteiger partial charge in [0, 0.05) is 39.8 Å². The van der Waals surface area contributed by atoms with E-state index in [1.165, 1.54) is 0 Å². The highest BCUT2D eigenvalue weighted by atomic mass is 16.5. The summed E-state index contributed by atoms with van der Waals surface area (Å²) in [6.45, 7) is 6.24. The maximum absolute atomic E-state index is 12.0. The molecule has 0 aliphatic rings. The second kappa shape index (κ2) is 11.1. The molecular formula is C23H32N4O2. The van der Waals surface area contributed by atoms with Crippen molar-refractivity contribution in [3.05, 3.63) is 65.2 Å². The number of nitrogens with zero attached hydrogens (tertiary/aromatic N) is 2. The molecule has 0 aliphatic heterocycles. The summed E-state index contributed by atoms with van der Waals surface area (Å²) < 4.78 is 5.79. The molecule has 2 rings (SSSR count). The number of benzene rings is 2. The average molecular weight is 397 g/mol. The second-order valence-corrected chi connectivity index (χ2v) is 7.53. The molecule has 0 bridgehead atoms. The number of hydrogen-bond donors (Lipinski definition) is 2. The van der Waals surface area contributed by atoms with Gasteiger partial charge in [-0.25, -0.2) is 0 Å². The number of carbonyl (C=O) groups excluding carboxylic acids is 1. The topological polar surface area (TPSA) is 66.0 Å². The number of rotatable bonds is 8. The molecule has 1 amide bonds. The summed E-state index contributed by atoms with van der Waals surface area (Å²) in [7, 11) is 5.25. The SMILES string of the molecule is CN=C(NCc1ccc(C(=O)N(C)C)cc1)NCc1cccc(OCC(C)C)c1. The number of nitrogens with one attached hydrogen (secondary N) is 2. The summed E-state index contributed by atoms with van der Waals surface area (Å²) in [6, 6.07) is 15.7. The van der Waals surface area contributed by atoms with E-state index in [1.807, 2.05) is 42.5 Å². The fourth-order valence-electron chi connectivity index (χ4n) is 2.62. The predicted octanol–water partition coefficient (Wildman–Crippen LogP) is 3.29. The van der Waals surface area contributed by atoms with Crippen molar-refractivity contribution in [2.45, 2.75) is 26.9 Å². The van der Waals surface area contributed by atoms with Crippen molar-refractivity contribution in [1.82, 2.24) is 15.5 Å². The number of hydrogen-bond acceptors (Lipinski definition) is 3. The summed E-state index contributed by atoms with van der Waals surface area (Å²) in [4.78, 5) is 17.8. The van der Waals surface area contributed by atoms with Crippen LogP contribution in [0.1, 0.15) is 35.3 Å². The molecule has 2 aromatic rings. The van der Waals surface area contributed by atoms with Crippen LogP contribution in [0.3, 0.4) is 0 Å². The number of carbonyl (C=O) groups is 1. The van der Waals surface area contributed by atoms with E-state index in [-0.39, 0.29) is 5.91 Å². The van der Waals surface area contributed by atoms with Gasteiger partial charge in [-0.1, -0.05) is 38.1 Å². The van der Waals surface area contributed by atoms with Gasteiger partial charge in [0.25, 0.3) is 5.91 Å². The van der Waals surface area contributed by atoms with E-state index in [0.29, 0.717) is 37.1 Å². The van der Waals surface area contributed by atoms with Gasteiger partial charge in [0.15, 0.2) is 5.96 Å². The van der Waals surface area contributed by atoms with E-state index in [2.05, 4.69) is 35.5 Å². The summed E-state index contributed by atoms with van der Waals surface area (Å²) in [5.74, 6) is 2.09. The van der Waals surface area contributed by atoms with Gasteiger partial charge in [-0.05, 0) is 41.3 Å². The van der Waals surface area contributed by atoms with Gasteiger partial charge in [0.1, 0.15) is 5.75 Å². The van der Waals surface area contributed by atoms with Crippen LogP contribution in [0.2, 0.25) is 0 Å². The maximum atomic E-state index is 12.0. The van der Waals surface area contributed by atoms with Crippen molar-refractivity contribution in [3.8, 4) is 5.75 Å². The van der Waals surface area contributed by atoms with E-state index >= 15 is 0 Å². The Kier molecular flexibility index (Phi) is 8.52. The first-order valence-corrected chi connectivity index (χ1v) is 9.86. The van der Waals surface area contributed by atoms with Crippen molar-refractivity contribution in [2.24, 2.45) is 10.9 Å². The van der Waals surface area contributed by atoms with Gasteiger partial charge in [0.2, 0.25) is 0 Å². The number of ether oxygens (including phenoxy) is 1. The first kappa shape index (κ1) is 22.3. The van der Waals surface area contributed by atoms with Crippen LogP contribution in [0.4, 0.5) is 0 Å². The molecular weight excluding hydrogens is 364 g/mol. The number of guanidine groups is 1. The third-order valence-electron chi connectivity index (χ3n) is 4.23. The zero-order valence-corrected chi connectivity index (χ0v) is 18.0. The van der Waals surface area contributed by atoms with Crippen LogP contribution in [-0.4, -0.2) is 44.5 Å². The molecule has 0 spiro atoms. The Morgan fingerprint density at radius 1 is 1.03 bits per heavy atom. The van der Waals surface area contributed by atoms with Crippen LogP contribution in [0.25, 0.3) is 0 Å². The average Bonchev–Trinajstić information content (AvgIpc) is 2.72. The van der Waals surface area contributed by atoms with Gasteiger partial charge in [-0.3, -0.25) is 9.79 Å². The van der Waals surface area contributed by atoms with Crippen LogP contribution in [0, 0.1) is 5.92 Å². The van der Waals surface area contributed by atoms with E-state index in [1.54, 1.807) is 26.0 Å². The Balaban J connectivity index is 1.85. The smallest absolute Gasteiger partial charge is 0.253 e. The molecule has 156 valence electrons. The van der Waals surface area contributed by atoms with Crippen LogP contribution in [0.15, 0.2) is 53.5 Å². The van der Waals surface area contributed by atoms with Gasteiger partial charge in [-0.2, -0.15) is 0 Å². The van der Waals surface area contributed by atoms with E-state index in [0.717, 1.165) is 16.9 Å². The summed E-state index contributed by atoms with van der Waals surface area (Å²) >= 11 is 0. The fourth-order valence-corrected chi connectivity index (χ4v) is 2.62. The zero-order valence-electron chi connectivity index (χ0n) is 18.0. The molecule has 0 saturated heterocycles. The third-order valence-corrected chi connectivity index (χ3v) is 4.23. The Bertz CT molecular complexity index is 814. The van der Waals surface area contributed by atoms with Crippen LogP contribution in [0.5, 0.6) is 5.75 Å². The fraction of sp³-hybridized carbons (Fsp3) is 0.391.